The van der Waals surface area contributed by atoms with Gasteiger partial charge in [-0.25, -0.2) is 4.79 Å². The number of benzene rings is 1. The van der Waals surface area contributed by atoms with E-state index in [-0.39, 0.29) is 19.3 Å². The zero-order valence-corrected chi connectivity index (χ0v) is 28.8. The maximum Gasteiger partial charge on any atom is 0.374 e. The second kappa shape index (κ2) is 26.5. The lowest BCUT2D eigenvalue weighted by atomic mass is 10.1. The van der Waals surface area contributed by atoms with Gasteiger partial charge in [0.05, 0.1) is 12.7 Å². The first-order valence-electron chi connectivity index (χ1n) is 16.7. The number of esters is 1. The molecule has 1 aromatic carbocycles. The number of ether oxygens (including phenoxy) is 3. The standard InChI is InChI=1S/C34H61O6PS/c1-4-6-8-10-12-14-16-21-28-42-32(25-20-15-13-11-9-7-5-2)30(3)38-26-22-27-40-34(36,41-37)33(35)39-29-31-23-18-17-19-24-31/h17-19,23-24,30,32,36H,4-16,20-22,25-29,41H2,1-3H3. The molecule has 4 unspecified atom stereocenters. The molecule has 0 aromatic heterocycles. The molecule has 0 aliphatic carbocycles. The van der Waals surface area contributed by atoms with Crippen LogP contribution in [0.2, 0.25) is 0 Å². The molecule has 0 aliphatic heterocycles. The van der Waals surface area contributed by atoms with E-state index >= 15 is 0 Å². The second-order valence-electron chi connectivity index (χ2n) is 11.4. The number of carbonyl (C=O) groups excluding carboxylic acids is 1. The Bertz CT molecular complexity index is 783. The molecule has 42 heavy (non-hydrogen) atoms. The highest BCUT2D eigenvalue weighted by Gasteiger charge is 2.38. The van der Waals surface area contributed by atoms with Crippen LogP contribution >= 0.6 is 20.2 Å². The van der Waals surface area contributed by atoms with E-state index in [4.69, 9.17) is 14.2 Å². The van der Waals surface area contributed by atoms with Crippen molar-refractivity contribution in [1.29, 1.82) is 0 Å². The van der Waals surface area contributed by atoms with Gasteiger partial charge in [-0.15, -0.1) is 0 Å². The first-order chi connectivity index (χ1) is 20.5. The first-order valence-corrected chi connectivity index (χ1v) is 18.8. The molecule has 0 saturated carbocycles. The van der Waals surface area contributed by atoms with Gasteiger partial charge in [0, 0.05) is 11.9 Å². The van der Waals surface area contributed by atoms with Crippen LogP contribution in [-0.4, -0.2) is 46.9 Å². The fourth-order valence-corrected chi connectivity index (χ4v) is 6.58. The van der Waals surface area contributed by atoms with Gasteiger partial charge in [0.2, 0.25) is 0 Å². The van der Waals surface area contributed by atoms with E-state index in [0.717, 1.165) is 5.56 Å². The van der Waals surface area contributed by atoms with Gasteiger partial charge in [-0.05, 0) is 37.5 Å². The van der Waals surface area contributed by atoms with Crippen LogP contribution in [0, 0.1) is 0 Å². The lowest BCUT2D eigenvalue weighted by molar-refractivity contribution is -0.197. The highest BCUT2D eigenvalue weighted by atomic mass is 32.2. The van der Waals surface area contributed by atoms with Gasteiger partial charge < -0.3 is 23.9 Å². The molecule has 0 fully saturated rings. The van der Waals surface area contributed by atoms with Crippen LogP contribution in [0.5, 0.6) is 0 Å². The lowest BCUT2D eigenvalue weighted by Crippen LogP contribution is -2.37. The highest BCUT2D eigenvalue weighted by molar-refractivity contribution is 7.99. The van der Waals surface area contributed by atoms with Gasteiger partial charge in [0.1, 0.15) is 15.1 Å². The summed E-state index contributed by atoms with van der Waals surface area (Å²) < 4.78 is 28.3. The average Bonchev–Trinajstić information content (AvgIpc) is 3.01. The fourth-order valence-electron chi connectivity index (χ4n) is 4.86. The molecule has 0 saturated heterocycles. The minimum absolute atomic E-state index is 0.0117. The third kappa shape index (κ3) is 19.4. The Balaban J connectivity index is 2.38. The van der Waals surface area contributed by atoms with E-state index in [1.807, 2.05) is 30.3 Å². The molecule has 1 rings (SSSR count). The first kappa shape index (κ1) is 39.2. The third-order valence-electron chi connectivity index (χ3n) is 7.60. The second-order valence-corrected chi connectivity index (χ2v) is 13.8. The third-order valence-corrected chi connectivity index (χ3v) is 9.90. The van der Waals surface area contributed by atoms with Crippen LogP contribution in [0.25, 0.3) is 0 Å². The minimum atomic E-state index is -2.40. The van der Waals surface area contributed by atoms with Crippen LogP contribution in [-0.2, 0) is 30.2 Å². The van der Waals surface area contributed by atoms with Crippen molar-refractivity contribution in [2.75, 3.05) is 19.0 Å². The minimum Gasteiger partial charge on any atom is -0.456 e. The molecule has 0 spiro atoms. The van der Waals surface area contributed by atoms with Gasteiger partial charge in [-0.2, -0.15) is 11.8 Å². The summed E-state index contributed by atoms with van der Waals surface area (Å²) in [5, 5.41) is 10.9. The Hall–Kier alpha value is -0.850. The number of aliphatic hydroxyl groups is 1. The molecule has 0 bridgehead atoms. The summed E-state index contributed by atoms with van der Waals surface area (Å²) in [6.45, 7) is 7.19. The highest BCUT2D eigenvalue weighted by Crippen LogP contribution is 2.27. The molecule has 0 heterocycles. The average molecular weight is 629 g/mol. The van der Waals surface area contributed by atoms with E-state index in [0.29, 0.717) is 18.3 Å². The van der Waals surface area contributed by atoms with Crippen LogP contribution in [0.3, 0.4) is 0 Å². The summed E-state index contributed by atoms with van der Waals surface area (Å²) in [5.41, 5.74) is -1.62. The topological polar surface area (TPSA) is 82.1 Å². The van der Waals surface area contributed by atoms with Gasteiger partial charge in [-0.1, -0.05) is 134 Å². The number of unbranched alkanes of at least 4 members (excludes halogenated alkanes) is 13. The zero-order valence-electron chi connectivity index (χ0n) is 26.9. The Kier molecular flexibility index (Phi) is 24.8. The van der Waals surface area contributed by atoms with Gasteiger partial charge in [-0.3, -0.25) is 0 Å². The van der Waals surface area contributed by atoms with E-state index in [1.165, 1.54) is 108 Å². The van der Waals surface area contributed by atoms with Crippen molar-refractivity contribution in [3.8, 4) is 0 Å². The van der Waals surface area contributed by atoms with Crippen molar-refractivity contribution in [3.63, 3.8) is 0 Å². The van der Waals surface area contributed by atoms with Gasteiger partial charge in [0.15, 0.2) is 0 Å². The molecular weight excluding hydrogens is 567 g/mol. The zero-order chi connectivity index (χ0) is 30.7. The molecule has 1 aromatic rings. The molecular formula is C34H61O6PS. The number of rotatable bonds is 29. The Labute approximate surface area is 262 Å². The maximum absolute atomic E-state index is 12.3. The summed E-state index contributed by atoms with van der Waals surface area (Å²) in [6.07, 6.45) is 21.6. The number of thioether (sulfide) groups is 1. The summed E-state index contributed by atoms with van der Waals surface area (Å²) in [5.74, 6) is 0.162. The molecule has 244 valence electrons. The summed E-state index contributed by atoms with van der Waals surface area (Å²) in [6, 6.07) is 9.15. The molecule has 8 heteroatoms. The fraction of sp³-hybridized carbons (Fsp3) is 0.794. The van der Waals surface area contributed by atoms with Crippen molar-refractivity contribution in [1.82, 2.24) is 0 Å². The maximum atomic E-state index is 12.3. The van der Waals surface area contributed by atoms with Crippen molar-refractivity contribution < 1.29 is 28.7 Å². The molecule has 0 amide bonds. The molecule has 0 aliphatic rings. The molecule has 0 radical (unpaired) electrons. The van der Waals surface area contributed by atoms with E-state index in [2.05, 4.69) is 32.5 Å². The normalized spacial score (nSPS) is 14.7. The van der Waals surface area contributed by atoms with Gasteiger partial charge in [0.25, 0.3) is 0 Å². The smallest absolute Gasteiger partial charge is 0.374 e. The van der Waals surface area contributed by atoms with Crippen molar-refractivity contribution in [3.05, 3.63) is 35.9 Å². The number of hydrogen-bond donors (Lipinski definition) is 1. The quantitative estimate of drug-likeness (QED) is 0.0410. The molecule has 6 nitrogen and oxygen atoms in total. The number of carbonyl (C=O) groups is 1. The monoisotopic (exact) mass is 628 g/mol. The summed E-state index contributed by atoms with van der Waals surface area (Å²) in [4.78, 5) is 12.3. The van der Waals surface area contributed by atoms with Crippen LogP contribution < -0.4 is 0 Å². The van der Waals surface area contributed by atoms with Crippen molar-refractivity contribution >= 4 is 26.2 Å². The van der Waals surface area contributed by atoms with E-state index < -0.39 is 20.0 Å². The Morgan fingerprint density at radius 2 is 1.40 bits per heavy atom. The van der Waals surface area contributed by atoms with Crippen molar-refractivity contribution in [2.24, 2.45) is 0 Å². The Morgan fingerprint density at radius 1 is 0.833 bits per heavy atom. The van der Waals surface area contributed by atoms with Crippen LogP contribution in [0.1, 0.15) is 135 Å². The SMILES string of the molecule is CCCCCCCCCCSC(CCCCCCCCC)C(C)OCCCOC(O)([PH2]=O)C(=O)OCc1ccccc1. The van der Waals surface area contributed by atoms with Crippen LogP contribution in [0.15, 0.2) is 30.3 Å². The predicted octanol–water partition coefficient (Wildman–Crippen LogP) is 9.33. The largest absolute Gasteiger partial charge is 0.456 e. The van der Waals surface area contributed by atoms with Crippen LogP contribution in [0.4, 0.5) is 0 Å². The Morgan fingerprint density at radius 3 is 2.00 bits per heavy atom. The summed E-state index contributed by atoms with van der Waals surface area (Å²) in [7, 11) is -1.92. The van der Waals surface area contributed by atoms with Crippen molar-refractivity contribution in [2.45, 2.75) is 153 Å². The lowest BCUT2D eigenvalue weighted by Gasteiger charge is -2.25. The number of hydrogen-bond acceptors (Lipinski definition) is 7. The summed E-state index contributed by atoms with van der Waals surface area (Å²) >= 11 is 2.06. The van der Waals surface area contributed by atoms with Gasteiger partial charge >= 0.3 is 11.5 Å². The van der Waals surface area contributed by atoms with E-state index in [9.17, 15) is 14.5 Å². The molecule has 4 atom stereocenters. The molecule has 1 N–H and O–H groups in total. The predicted molar refractivity (Wildman–Crippen MR) is 179 cm³/mol. The van der Waals surface area contributed by atoms with E-state index in [1.54, 1.807) is 0 Å².